The summed E-state index contributed by atoms with van der Waals surface area (Å²) in [5.41, 5.74) is 16.4. The fourth-order valence-electron chi connectivity index (χ4n) is 7.18. The van der Waals surface area contributed by atoms with Crippen LogP contribution in [0.4, 0.5) is 5.69 Å². The first-order chi connectivity index (χ1) is 22.6. The molecule has 0 radical (unpaired) electrons. The predicted octanol–water partition coefficient (Wildman–Crippen LogP) is 11.3. The first-order valence-electron chi connectivity index (χ1n) is 16.3. The van der Waals surface area contributed by atoms with E-state index in [-0.39, 0.29) is 0 Å². The van der Waals surface area contributed by atoms with Gasteiger partial charge in [-0.05, 0) is 88.5 Å². The van der Waals surface area contributed by atoms with Gasteiger partial charge < -0.3 is 0 Å². The molecule has 0 saturated carbocycles. The third kappa shape index (κ3) is 4.71. The summed E-state index contributed by atoms with van der Waals surface area (Å²) in [6.07, 6.45) is 3.88. The van der Waals surface area contributed by atoms with E-state index in [1.165, 1.54) is 38.9 Å². The number of para-hydroxylation sites is 1. The fourth-order valence-corrected chi connectivity index (χ4v) is 7.18. The highest BCUT2D eigenvalue weighted by atomic mass is 14.8. The summed E-state index contributed by atoms with van der Waals surface area (Å²) in [6, 6.07) is 43.7. The molecule has 0 spiro atoms. The molecule has 1 unspecified atom stereocenters. The maximum atomic E-state index is 5.17. The molecule has 46 heavy (non-hydrogen) atoms. The van der Waals surface area contributed by atoms with E-state index in [0.717, 1.165) is 62.9 Å². The molecule has 0 saturated heterocycles. The van der Waals surface area contributed by atoms with Crippen LogP contribution in [0, 0.1) is 0 Å². The molecular formula is C43H35N3. The number of hydrogen-bond donors (Lipinski definition) is 0. The van der Waals surface area contributed by atoms with Gasteiger partial charge in [-0.25, -0.2) is 4.98 Å². The molecule has 8 rings (SSSR count). The smallest absolute Gasteiger partial charge is 0.0972 e. The lowest BCUT2D eigenvalue weighted by Gasteiger charge is -2.13. The van der Waals surface area contributed by atoms with Crippen LogP contribution in [0.5, 0.6) is 0 Å². The standard InChI is InChI=1S/C43H35N3/c1-4-28-10-6-7-14-39(28)45-27(3)29-15-17-30(18-16-29)35-12-8-13-37-34(5-2)36-23-21-33(26-38(36)41(35)37)40-24-22-32-20-19-31-11-9-25-44-42(31)43(32)46-40/h6-26,34H,4-5H2,1-3H3. The Kier molecular flexibility index (Phi) is 7.02. The number of hydrogen-bond acceptors (Lipinski definition) is 3. The lowest BCUT2D eigenvalue weighted by Crippen LogP contribution is -1.95. The quantitative estimate of drug-likeness (QED) is 0.142. The Morgan fingerprint density at radius 3 is 2.28 bits per heavy atom. The highest BCUT2D eigenvalue weighted by Gasteiger charge is 2.30. The van der Waals surface area contributed by atoms with Crippen LogP contribution in [0.15, 0.2) is 133 Å². The first-order valence-corrected chi connectivity index (χ1v) is 16.3. The van der Waals surface area contributed by atoms with Crippen molar-refractivity contribution in [2.45, 2.75) is 39.5 Å². The van der Waals surface area contributed by atoms with Crippen LogP contribution in [0.2, 0.25) is 0 Å². The topological polar surface area (TPSA) is 38.1 Å². The molecular weight excluding hydrogens is 558 g/mol. The van der Waals surface area contributed by atoms with E-state index >= 15 is 0 Å². The van der Waals surface area contributed by atoms with Gasteiger partial charge in [0.2, 0.25) is 0 Å². The van der Waals surface area contributed by atoms with Crippen LogP contribution in [0.1, 0.15) is 55.4 Å². The molecule has 7 aromatic rings. The minimum atomic E-state index is 0.379. The zero-order chi connectivity index (χ0) is 31.2. The Labute approximate surface area is 270 Å². The van der Waals surface area contributed by atoms with Gasteiger partial charge in [-0.2, -0.15) is 0 Å². The van der Waals surface area contributed by atoms with E-state index in [9.17, 15) is 0 Å². The first kappa shape index (κ1) is 28.1. The molecule has 0 amide bonds. The zero-order valence-electron chi connectivity index (χ0n) is 26.5. The Bertz CT molecular complexity index is 2300. The predicted molar refractivity (Wildman–Crippen MR) is 193 cm³/mol. The van der Waals surface area contributed by atoms with Crippen LogP contribution < -0.4 is 0 Å². The van der Waals surface area contributed by atoms with E-state index in [1.807, 2.05) is 12.3 Å². The van der Waals surface area contributed by atoms with Crippen molar-refractivity contribution in [3.8, 4) is 33.5 Å². The molecule has 1 atom stereocenters. The number of benzene rings is 5. The van der Waals surface area contributed by atoms with Gasteiger partial charge in [0.15, 0.2) is 0 Å². The van der Waals surface area contributed by atoms with Crippen molar-refractivity contribution in [1.29, 1.82) is 0 Å². The summed E-state index contributed by atoms with van der Waals surface area (Å²) in [4.78, 5) is 14.8. The molecule has 222 valence electrons. The molecule has 3 heteroatoms. The average Bonchev–Trinajstić information content (AvgIpc) is 3.44. The Balaban J connectivity index is 1.20. The van der Waals surface area contributed by atoms with Gasteiger partial charge in [-0.1, -0.05) is 111 Å². The number of aliphatic imine (C=N–C) groups is 1. The monoisotopic (exact) mass is 593 g/mol. The largest absolute Gasteiger partial charge is 0.254 e. The van der Waals surface area contributed by atoms with E-state index in [0.29, 0.717) is 5.92 Å². The van der Waals surface area contributed by atoms with Gasteiger partial charge in [0.1, 0.15) is 0 Å². The maximum absolute atomic E-state index is 5.17. The van der Waals surface area contributed by atoms with Crippen LogP contribution in [0.3, 0.4) is 0 Å². The minimum Gasteiger partial charge on any atom is -0.254 e. The highest BCUT2D eigenvalue weighted by molar-refractivity contribution is 6.04. The van der Waals surface area contributed by atoms with Gasteiger partial charge in [-0.15, -0.1) is 0 Å². The van der Waals surface area contributed by atoms with E-state index in [2.05, 4.69) is 141 Å². The van der Waals surface area contributed by atoms with Crippen LogP contribution in [-0.2, 0) is 6.42 Å². The molecule has 0 aliphatic heterocycles. The summed E-state index contributed by atoms with van der Waals surface area (Å²) in [5.74, 6) is 0.379. The molecule has 3 nitrogen and oxygen atoms in total. The molecule has 1 aliphatic rings. The number of aryl methyl sites for hydroxylation is 1. The lowest BCUT2D eigenvalue weighted by molar-refractivity contribution is 0.797. The van der Waals surface area contributed by atoms with Crippen LogP contribution in [-0.4, -0.2) is 15.7 Å². The SMILES string of the molecule is CCc1ccccc1N=C(C)c1ccc(-c2cccc3c2-c2cc(-c4ccc5ccc6cccnc6c5n4)ccc2C3CC)cc1. The maximum Gasteiger partial charge on any atom is 0.0972 e. The van der Waals surface area contributed by atoms with Crippen LogP contribution >= 0.6 is 0 Å². The van der Waals surface area contributed by atoms with Gasteiger partial charge in [0, 0.05) is 34.2 Å². The summed E-state index contributed by atoms with van der Waals surface area (Å²) in [5, 5.41) is 2.21. The third-order valence-corrected chi connectivity index (χ3v) is 9.58. The average molecular weight is 594 g/mol. The molecule has 5 aromatic carbocycles. The van der Waals surface area contributed by atoms with Gasteiger partial charge >= 0.3 is 0 Å². The van der Waals surface area contributed by atoms with Crippen molar-refractivity contribution < 1.29 is 0 Å². The summed E-state index contributed by atoms with van der Waals surface area (Å²) in [7, 11) is 0. The van der Waals surface area contributed by atoms with Crippen LogP contribution in [0.25, 0.3) is 55.3 Å². The summed E-state index contributed by atoms with van der Waals surface area (Å²) < 4.78 is 0. The number of fused-ring (bicyclic) bond motifs is 6. The molecule has 2 aromatic heterocycles. The van der Waals surface area contributed by atoms with E-state index in [1.54, 1.807) is 0 Å². The second-order valence-corrected chi connectivity index (χ2v) is 12.2. The number of rotatable bonds is 6. The molecule has 0 N–H and O–H groups in total. The van der Waals surface area contributed by atoms with Crippen molar-refractivity contribution in [3.05, 3.63) is 150 Å². The Morgan fingerprint density at radius 1 is 0.674 bits per heavy atom. The zero-order valence-corrected chi connectivity index (χ0v) is 26.5. The molecule has 0 fully saturated rings. The molecule has 1 aliphatic carbocycles. The van der Waals surface area contributed by atoms with Crippen molar-refractivity contribution in [2.75, 3.05) is 0 Å². The van der Waals surface area contributed by atoms with Gasteiger partial charge in [0.25, 0.3) is 0 Å². The van der Waals surface area contributed by atoms with E-state index in [4.69, 9.17) is 9.98 Å². The third-order valence-electron chi connectivity index (χ3n) is 9.58. The van der Waals surface area contributed by atoms with Crippen molar-refractivity contribution in [2.24, 2.45) is 4.99 Å². The van der Waals surface area contributed by atoms with Crippen molar-refractivity contribution >= 4 is 33.2 Å². The normalized spacial score (nSPS) is 14.1. The number of pyridine rings is 2. The van der Waals surface area contributed by atoms with Gasteiger partial charge in [-0.3, -0.25) is 9.98 Å². The minimum absolute atomic E-state index is 0.379. The Hall–Kier alpha value is -5.41. The summed E-state index contributed by atoms with van der Waals surface area (Å²) in [6.45, 7) is 6.57. The molecule has 0 bridgehead atoms. The Morgan fingerprint density at radius 2 is 1.46 bits per heavy atom. The van der Waals surface area contributed by atoms with Crippen molar-refractivity contribution in [1.82, 2.24) is 9.97 Å². The lowest BCUT2D eigenvalue weighted by atomic mass is 9.91. The summed E-state index contributed by atoms with van der Waals surface area (Å²) >= 11 is 0. The fraction of sp³-hybridized carbons (Fsp3) is 0.140. The second-order valence-electron chi connectivity index (χ2n) is 12.2. The van der Waals surface area contributed by atoms with Gasteiger partial charge in [0.05, 0.1) is 22.4 Å². The second kappa shape index (κ2) is 11.5. The number of nitrogens with zero attached hydrogens (tertiary/aromatic N) is 3. The molecule has 2 heterocycles. The number of aromatic nitrogens is 2. The van der Waals surface area contributed by atoms with E-state index < -0.39 is 0 Å². The van der Waals surface area contributed by atoms with Crippen molar-refractivity contribution in [3.63, 3.8) is 0 Å². The highest BCUT2D eigenvalue weighted by Crippen LogP contribution is 2.51.